The van der Waals surface area contributed by atoms with Crippen molar-refractivity contribution < 1.29 is 13.9 Å². The largest absolute Gasteiger partial charge is 0.489 e. The van der Waals surface area contributed by atoms with E-state index in [1.165, 1.54) is 0 Å². The van der Waals surface area contributed by atoms with E-state index in [0.717, 1.165) is 41.0 Å². The number of fused-ring (bicyclic) bond motifs is 2. The van der Waals surface area contributed by atoms with E-state index in [-0.39, 0.29) is 17.1 Å². The zero-order chi connectivity index (χ0) is 26.1. The summed E-state index contributed by atoms with van der Waals surface area (Å²) in [7, 11) is 4.02. The van der Waals surface area contributed by atoms with Gasteiger partial charge in [0.25, 0.3) is 5.91 Å². The molecule has 37 heavy (non-hydrogen) atoms. The lowest BCUT2D eigenvalue weighted by Crippen LogP contribution is -2.32. The van der Waals surface area contributed by atoms with Crippen LogP contribution in [0.2, 0.25) is 0 Å². The predicted molar refractivity (Wildman–Crippen MR) is 145 cm³/mol. The lowest BCUT2D eigenvalue weighted by molar-refractivity contribution is 0.0722. The molecule has 6 nitrogen and oxygen atoms in total. The molecule has 0 spiro atoms. The second kappa shape index (κ2) is 10.2. The lowest BCUT2D eigenvalue weighted by Gasteiger charge is -2.26. The van der Waals surface area contributed by atoms with E-state index >= 15 is 0 Å². The molecule has 0 fully saturated rings. The summed E-state index contributed by atoms with van der Waals surface area (Å²) in [5.41, 5.74) is 4.72. The van der Waals surface area contributed by atoms with Crippen LogP contribution in [0.4, 0.5) is 0 Å². The standard InChI is InChI=1S/C31H32N2O4/c1-20-17-25-26(18-21(20)2)37-30-27(29(25)34)28(33(31(30)35)16-8-15-32(3)4)23-11-13-24(14-12-23)36-19-22-9-6-5-7-10-22/h5-7,9-14,17-18,28H,8,15-16,19H2,1-4H3. The highest BCUT2D eigenvalue weighted by Gasteiger charge is 2.42. The second-order valence-electron chi connectivity index (χ2n) is 10.0. The van der Waals surface area contributed by atoms with Crippen molar-refractivity contribution in [3.8, 4) is 5.75 Å². The second-order valence-corrected chi connectivity index (χ2v) is 10.0. The number of nitrogens with zero attached hydrogens (tertiary/aromatic N) is 2. The van der Waals surface area contributed by atoms with E-state index < -0.39 is 6.04 Å². The first kappa shape index (κ1) is 24.8. The molecule has 1 aliphatic heterocycles. The average Bonchev–Trinajstić information content (AvgIpc) is 3.16. The van der Waals surface area contributed by atoms with Crippen LogP contribution in [0, 0.1) is 13.8 Å². The van der Waals surface area contributed by atoms with Crippen molar-refractivity contribution in [3.63, 3.8) is 0 Å². The number of rotatable bonds is 8. The number of benzene rings is 3. The van der Waals surface area contributed by atoms with Gasteiger partial charge < -0.3 is 19.0 Å². The Morgan fingerprint density at radius 2 is 1.65 bits per heavy atom. The van der Waals surface area contributed by atoms with E-state index in [0.29, 0.717) is 29.7 Å². The van der Waals surface area contributed by atoms with Crippen LogP contribution in [-0.4, -0.2) is 42.9 Å². The van der Waals surface area contributed by atoms with Crippen LogP contribution in [0.3, 0.4) is 0 Å². The molecule has 5 rings (SSSR count). The number of ether oxygens (including phenoxy) is 1. The summed E-state index contributed by atoms with van der Waals surface area (Å²) in [4.78, 5) is 31.2. The summed E-state index contributed by atoms with van der Waals surface area (Å²) in [6.07, 6.45) is 0.785. The molecule has 2 heterocycles. The summed E-state index contributed by atoms with van der Waals surface area (Å²) in [5, 5.41) is 0.512. The molecule has 1 atom stereocenters. The van der Waals surface area contributed by atoms with E-state index in [4.69, 9.17) is 9.15 Å². The Labute approximate surface area is 217 Å². The van der Waals surface area contributed by atoms with Crippen LogP contribution in [0.1, 0.15) is 50.8 Å². The van der Waals surface area contributed by atoms with Gasteiger partial charge in [-0.1, -0.05) is 42.5 Å². The third-order valence-electron chi connectivity index (χ3n) is 7.03. The number of aryl methyl sites for hydroxylation is 2. The summed E-state index contributed by atoms with van der Waals surface area (Å²) in [6, 6.07) is 20.9. The van der Waals surface area contributed by atoms with Gasteiger partial charge in [0.1, 0.15) is 17.9 Å². The Kier molecular flexibility index (Phi) is 6.85. The molecule has 0 bridgehead atoms. The van der Waals surface area contributed by atoms with Crippen molar-refractivity contribution in [2.75, 3.05) is 27.2 Å². The van der Waals surface area contributed by atoms with Gasteiger partial charge >= 0.3 is 0 Å². The smallest absolute Gasteiger partial charge is 0.290 e. The van der Waals surface area contributed by atoms with Gasteiger partial charge in [-0.25, -0.2) is 0 Å². The van der Waals surface area contributed by atoms with Crippen molar-refractivity contribution in [2.45, 2.75) is 32.9 Å². The number of amides is 1. The Balaban J connectivity index is 1.52. The zero-order valence-corrected chi connectivity index (χ0v) is 21.8. The van der Waals surface area contributed by atoms with Gasteiger partial charge in [0.2, 0.25) is 5.76 Å². The van der Waals surface area contributed by atoms with E-state index in [2.05, 4.69) is 4.90 Å². The fourth-order valence-corrected chi connectivity index (χ4v) is 4.90. The average molecular weight is 497 g/mol. The van der Waals surface area contributed by atoms with Crippen LogP contribution < -0.4 is 10.2 Å². The summed E-state index contributed by atoms with van der Waals surface area (Å²) < 4.78 is 12.1. The summed E-state index contributed by atoms with van der Waals surface area (Å²) in [6.45, 7) is 5.77. The molecular weight excluding hydrogens is 464 g/mol. The molecule has 6 heteroatoms. The van der Waals surface area contributed by atoms with Crippen molar-refractivity contribution in [1.29, 1.82) is 0 Å². The molecule has 0 aliphatic carbocycles. The molecule has 0 N–H and O–H groups in total. The maximum atomic E-state index is 13.8. The molecule has 1 amide bonds. The van der Waals surface area contributed by atoms with Crippen molar-refractivity contribution in [1.82, 2.24) is 9.80 Å². The van der Waals surface area contributed by atoms with Crippen LogP contribution in [0.25, 0.3) is 11.0 Å². The molecule has 0 saturated carbocycles. The van der Waals surface area contributed by atoms with Crippen LogP contribution >= 0.6 is 0 Å². The van der Waals surface area contributed by atoms with E-state index in [1.807, 2.05) is 94.7 Å². The molecule has 1 unspecified atom stereocenters. The van der Waals surface area contributed by atoms with E-state index in [1.54, 1.807) is 4.90 Å². The van der Waals surface area contributed by atoms with Crippen molar-refractivity contribution in [2.24, 2.45) is 0 Å². The van der Waals surface area contributed by atoms with Gasteiger partial charge in [0.05, 0.1) is 17.0 Å². The van der Waals surface area contributed by atoms with Crippen molar-refractivity contribution >= 4 is 16.9 Å². The maximum Gasteiger partial charge on any atom is 0.290 e. The molecule has 0 saturated heterocycles. The van der Waals surface area contributed by atoms with Gasteiger partial charge in [0.15, 0.2) is 5.43 Å². The third kappa shape index (κ3) is 4.89. The molecule has 1 aliphatic rings. The molecule has 3 aromatic carbocycles. The van der Waals surface area contributed by atoms with Crippen LogP contribution in [0.5, 0.6) is 5.75 Å². The third-order valence-corrected chi connectivity index (χ3v) is 7.03. The Hall–Kier alpha value is -3.90. The molecule has 190 valence electrons. The lowest BCUT2D eigenvalue weighted by atomic mass is 9.97. The number of carbonyl (C=O) groups is 1. The van der Waals surface area contributed by atoms with Gasteiger partial charge in [0, 0.05) is 6.54 Å². The predicted octanol–water partition coefficient (Wildman–Crippen LogP) is 5.49. The molecule has 1 aromatic heterocycles. The maximum absolute atomic E-state index is 13.8. The fraction of sp³-hybridized carbons (Fsp3) is 0.290. The normalized spacial score (nSPS) is 15.0. The summed E-state index contributed by atoms with van der Waals surface area (Å²) >= 11 is 0. The van der Waals surface area contributed by atoms with Crippen molar-refractivity contribution in [3.05, 3.63) is 111 Å². The molecule has 0 radical (unpaired) electrons. The topological polar surface area (TPSA) is 63.0 Å². The minimum atomic E-state index is -0.505. The minimum Gasteiger partial charge on any atom is -0.489 e. The first-order chi connectivity index (χ1) is 17.8. The zero-order valence-electron chi connectivity index (χ0n) is 21.8. The highest BCUT2D eigenvalue weighted by atomic mass is 16.5. The number of hydrogen-bond donors (Lipinski definition) is 0. The minimum absolute atomic E-state index is 0.141. The first-order valence-electron chi connectivity index (χ1n) is 12.6. The Morgan fingerprint density at radius 3 is 2.35 bits per heavy atom. The van der Waals surface area contributed by atoms with Crippen LogP contribution in [-0.2, 0) is 6.61 Å². The SMILES string of the molecule is Cc1cc2oc3c(c(=O)c2cc1C)C(c1ccc(OCc2ccccc2)cc1)N(CCCN(C)C)C3=O. The molecular formula is C31H32N2O4. The van der Waals surface area contributed by atoms with Gasteiger partial charge in [-0.2, -0.15) is 0 Å². The van der Waals surface area contributed by atoms with Crippen LogP contribution in [0.15, 0.2) is 75.9 Å². The first-order valence-corrected chi connectivity index (χ1v) is 12.6. The quantitative estimate of drug-likeness (QED) is 0.323. The number of hydrogen-bond acceptors (Lipinski definition) is 5. The molecule has 4 aromatic rings. The summed E-state index contributed by atoms with van der Waals surface area (Å²) in [5.74, 6) is 0.647. The van der Waals surface area contributed by atoms with Gasteiger partial charge in [-0.3, -0.25) is 9.59 Å². The van der Waals surface area contributed by atoms with E-state index in [9.17, 15) is 9.59 Å². The van der Waals surface area contributed by atoms with Gasteiger partial charge in [-0.15, -0.1) is 0 Å². The highest BCUT2D eigenvalue weighted by Crippen LogP contribution is 2.39. The number of carbonyl (C=O) groups excluding carboxylic acids is 1. The van der Waals surface area contributed by atoms with Gasteiger partial charge in [-0.05, 0) is 87.4 Å². The highest BCUT2D eigenvalue weighted by molar-refractivity contribution is 5.99. The fourth-order valence-electron chi connectivity index (χ4n) is 4.90. The monoisotopic (exact) mass is 496 g/mol. The Morgan fingerprint density at radius 1 is 0.946 bits per heavy atom. The Bertz CT molecular complexity index is 1490.